The molecule has 0 bridgehead atoms. The quantitative estimate of drug-likeness (QED) is 0.500. The number of hydrogen-bond donors (Lipinski definition) is 1. The summed E-state index contributed by atoms with van der Waals surface area (Å²) in [6, 6.07) is 7.33. The standard InChI is InChI=1S/C14H14ClN3OS2/c1-9(2)20-14-18-17-13(21-14)16-12(19)8-7-10-5-3-4-6-11(10)15/h3-9H,1-2H3,(H,16,17,19)/b8-7+. The first kappa shape index (κ1) is 16.0. The normalized spacial score (nSPS) is 11.2. The number of amides is 1. The lowest BCUT2D eigenvalue weighted by molar-refractivity contribution is -0.111. The van der Waals surface area contributed by atoms with Crippen LogP contribution >= 0.6 is 34.7 Å². The Bertz CT molecular complexity index is 655. The van der Waals surface area contributed by atoms with E-state index >= 15 is 0 Å². The maximum Gasteiger partial charge on any atom is 0.250 e. The lowest BCUT2D eigenvalue weighted by atomic mass is 10.2. The van der Waals surface area contributed by atoms with Crippen LogP contribution in [0.25, 0.3) is 6.08 Å². The Morgan fingerprint density at radius 1 is 1.38 bits per heavy atom. The van der Waals surface area contributed by atoms with E-state index in [0.29, 0.717) is 15.4 Å². The molecule has 0 aliphatic heterocycles. The van der Waals surface area contributed by atoms with Crippen molar-refractivity contribution in [2.24, 2.45) is 0 Å². The lowest BCUT2D eigenvalue weighted by Crippen LogP contribution is -2.07. The van der Waals surface area contributed by atoms with Gasteiger partial charge >= 0.3 is 0 Å². The van der Waals surface area contributed by atoms with Crippen molar-refractivity contribution >= 4 is 51.8 Å². The molecule has 7 heteroatoms. The molecule has 2 aromatic rings. The molecule has 0 atom stereocenters. The molecule has 1 heterocycles. The summed E-state index contributed by atoms with van der Waals surface area (Å²) in [6.45, 7) is 4.16. The van der Waals surface area contributed by atoms with Crippen LogP contribution in [-0.4, -0.2) is 21.4 Å². The van der Waals surface area contributed by atoms with E-state index in [-0.39, 0.29) is 5.91 Å². The van der Waals surface area contributed by atoms with Gasteiger partial charge in [0.1, 0.15) is 0 Å². The van der Waals surface area contributed by atoms with E-state index in [4.69, 9.17) is 11.6 Å². The summed E-state index contributed by atoms with van der Waals surface area (Å²) < 4.78 is 0.843. The van der Waals surface area contributed by atoms with E-state index in [0.717, 1.165) is 9.90 Å². The molecule has 4 nitrogen and oxygen atoms in total. The first-order chi connectivity index (χ1) is 10.0. The van der Waals surface area contributed by atoms with E-state index < -0.39 is 0 Å². The number of halogens is 1. The highest BCUT2D eigenvalue weighted by Gasteiger charge is 2.08. The van der Waals surface area contributed by atoms with Crippen LogP contribution in [-0.2, 0) is 4.79 Å². The summed E-state index contributed by atoms with van der Waals surface area (Å²) in [5, 5.41) is 12.2. The second-order valence-electron chi connectivity index (χ2n) is 4.38. The van der Waals surface area contributed by atoms with Gasteiger partial charge in [-0.05, 0) is 17.7 Å². The Kier molecular flexibility index (Phi) is 5.78. The number of aromatic nitrogens is 2. The fourth-order valence-electron chi connectivity index (χ4n) is 1.43. The topological polar surface area (TPSA) is 54.9 Å². The van der Waals surface area contributed by atoms with Crippen molar-refractivity contribution < 1.29 is 4.79 Å². The molecule has 1 N–H and O–H groups in total. The van der Waals surface area contributed by atoms with Crippen molar-refractivity contribution in [3.63, 3.8) is 0 Å². The molecule has 21 heavy (non-hydrogen) atoms. The third kappa shape index (κ3) is 5.15. The molecular weight excluding hydrogens is 326 g/mol. The van der Waals surface area contributed by atoms with Gasteiger partial charge in [0, 0.05) is 16.3 Å². The molecule has 1 aromatic heterocycles. The number of thioether (sulfide) groups is 1. The van der Waals surface area contributed by atoms with Gasteiger partial charge in [0.2, 0.25) is 11.0 Å². The van der Waals surface area contributed by atoms with Crippen LogP contribution in [0.3, 0.4) is 0 Å². The van der Waals surface area contributed by atoms with Crippen LogP contribution in [0.2, 0.25) is 5.02 Å². The minimum Gasteiger partial charge on any atom is -0.297 e. The number of carbonyl (C=O) groups is 1. The first-order valence-electron chi connectivity index (χ1n) is 6.28. The van der Waals surface area contributed by atoms with Crippen molar-refractivity contribution in [3.8, 4) is 0 Å². The van der Waals surface area contributed by atoms with Crippen LogP contribution in [0.4, 0.5) is 5.13 Å². The zero-order valence-corrected chi connectivity index (χ0v) is 13.9. The summed E-state index contributed by atoms with van der Waals surface area (Å²) in [4.78, 5) is 11.8. The Hall–Kier alpha value is -1.37. The molecule has 0 spiro atoms. The molecule has 2 rings (SSSR count). The molecule has 1 amide bonds. The Morgan fingerprint density at radius 2 is 2.14 bits per heavy atom. The van der Waals surface area contributed by atoms with Gasteiger partial charge < -0.3 is 0 Å². The van der Waals surface area contributed by atoms with Crippen molar-refractivity contribution in [3.05, 3.63) is 40.9 Å². The molecular formula is C14H14ClN3OS2. The number of nitrogens with one attached hydrogen (secondary N) is 1. The van der Waals surface area contributed by atoms with E-state index in [2.05, 4.69) is 29.4 Å². The summed E-state index contributed by atoms with van der Waals surface area (Å²) in [7, 11) is 0. The van der Waals surface area contributed by atoms with Gasteiger partial charge in [-0.1, -0.05) is 66.7 Å². The van der Waals surface area contributed by atoms with Gasteiger partial charge in [0.05, 0.1) is 0 Å². The lowest BCUT2D eigenvalue weighted by Gasteiger charge is -1.98. The van der Waals surface area contributed by atoms with Crippen molar-refractivity contribution in [1.82, 2.24) is 10.2 Å². The molecule has 0 aliphatic rings. The monoisotopic (exact) mass is 339 g/mol. The summed E-state index contributed by atoms with van der Waals surface area (Å²) in [6.07, 6.45) is 3.10. The van der Waals surface area contributed by atoms with Crippen LogP contribution in [0.5, 0.6) is 0 Å². The number of anilines is 1. The minimum absolute atomic E-state index is 0.257. The molecule has 0 unspecified atom stereocenters. The van der Waals surface area contributed by atoms with Gasteiger partial charge in [-0.2, -0.15) is 0 Å². The van der Waals surface area contributed by atoms with Gasteiger partial charge in [-0.25, -0.2) is 0 Å². The third-order valence-electron chi connectivity index (χ3n) is 2.29. The highest BCUT2D eigenvalue weighted by molar-refractivity contribution is 8.01. The van der Waals surface area contributed by atoms with Crippen LogP contribution in [0, 0.1) is 0 Å². The first-order valence-corrected chi connectivity index (χ1v) is 8.36. The SMILES string of the molecule is CC(C)Sc1nnc(NC(=O)/C=C/c2ccccc2Cl)s1. The van der Waals surface area contributed by atoms with Gasteiger partial charge in [-0.3, -0.25) is 10.1 Å². The van der Waals surface area contributed by atoms with E-state index in [1.807, 2.05) is 18.2 Å². The van der Waals surface area contributed by atoms with Crippen molar-refractivity contribution in [2.45, 2.75) is 23.4 Å². The smallest absolute Gasteiger partial charge is 0.250 e. The molecule has 1 aromatic carbocycles. The molecule has 0 saturated carbocycles. The number of carbonyl (C=O) groups excluding carboxylic acids is 1. The largest absolute Gasteiger partial charge is 0.297 e. The molecule has 110 valence electrons. The zero-order valence-electron chi connectivity index (χ0n) is 11.5. The fourth-order valence-corrected chi connectivity index (χ4v) is 3.61. The Balaban J connectivity index is 1.95. The Labute approximate surface area is 136 Å². The number of benzene rings is 1. The van der Waals surface area contributed by atoms with Gasteiger partial charge in [0.25, 0.3) is 0 Å². The average molecular weight is 340 g/mol. The molecule has 0 fully saturated rings. The van der Waals surface area contributed by atoms with Crippen molar-refractivity contribution in [1.29, 1.82) is 0 Å². The summed E-state index contributed by atoms with van der Waals surface area (Å²) in [5.74, 6) is -0.257. The van der Waals surface area contributed by atoms with Gasteiger partial charge in [-0.15, -0.1) is 10.2 Å². The second-order valence-corrected chi connectivity index (χ2v) is 7.59. The predicted molar refractivity (Wildman–Crippen MR) is 90.0 cm³/mol. The van der Waals surface area contributed by atoms with E-state index in [1.54, 1.807) is 23.9 Å². The summed E-state index contributed by atoms with van der Waals surface area (Å²) >= 11 is 8.99. The highest BCUT2D eigenvalue weighted by Crippen LogP contribution is 2.28. The van der Waals surface area contributed by atoms with Crippen LogP contribution in [0.1, 0.15) is 19.4 Å². The maximum atomic E-state index is 11.8. The third-order valence-corrected chi connectivity index (χ3v) is 4.56. The minimum atomic E-state index is -0.257. The van der Waals surface area contributed by atoms with Crippen LogP contribution < -0.4 is 5.32 Å². The fraction of sp³-hybridized carbons (Fsp3) is 0.214. The van der Waals surface area contributed by atoms with Crippen molar-refractivity contribution in [2.75, 3.05) is 5.32 Å². The molecule has 0 saturated heterocycles. The maximum absolute atomic E-state index is 11.8. The predicted octanol–water partition coefficient (Wildman–Crippen LogP) is 4.34. The van der Waals surface area contributed by atoms with Gasteiger partial charge in [0.15, 0.2) is 4.34 Å². The Morgan fingerprint density at radius 3 is 2.86 bits per heavy atom. The zero-order chi connectivity index (χ0) is 15.2. The summed E-state index contributed by atoms with van der Waals surface area (Å²) in [5.41, 5.74) is 0.794. The average Bonchev–Trinajstić information content (AvgIpc) is 2.84. The highest BCUT2D eigenvalue weighted by atomic mass is 35.5. The number of rotatable bonds is 5. The number of nitrogens with zero attached hydrogens (tertiary/aromatic N) is 2. The molecule has 0 aliphatic carbocycles. The van der Waals surface area contributed by atoms with Crippen LogP contribution in [0.15, 0.2) is 34.7 Å². The van der Waals surface area contributed by atoms with E-state index in [1.165, 1.54) is 17.4 Å². The number of hydrogen-bond acceptors (Lipinski definition) is 5. The second kappa shape index (κ2) is 7.59. The van der Waals surface area contributed by atoms with E-state index in [9.17, 15) is 4.79 Å². The molecule has 0 radical (unpaired) electrons.